The van der Waals surface area contributed by atoms with E-state index < -0.39 is 17.5 Å². The van der Waals surface area contributed by atoms with E-state index in [4.69, 9.17) is 4.74 Å². The molecule has 2 atom stereocenters. The van der Waals surface area contributed by atoms with Crippen LogP contribution >= 0.6 is 0 Å². The van der Waals surface area contributed by atoms with Gasteiger partial charge in [0.05, 0.1) is 17.9 Å². The predicted octanol–water partition coefficient (Wildman–Crippen LogP) is 2.63. The number of hydrogen-bond donors (Lipinski definition) is 1. The Bertz CT molecular complexity index is 477. The molecule has 104 valence electrons. The fraction of sp³-hybridized carbons (Fsp3) is 0.615. The summed E-state index contributed by atoms with van der Waals surface area (Å²) < 4.78 is 43.6. The van der Waals surface area contributed by atoms with Gasteiger partial charge in [-0.3, -0.25) is 0 Å². The third-order valence-electron chi connectivity index (χ3n) is 3.84. The van der Waals surface area contributed by atoms with E-state index in [1.807, 2.05) is 0 Å². The molecule has 19 heavy (non-hydrogen) atoms. The Balaban J connectivity index is 1.93. The second-order valence-corrected chi connectivity index (χ2v) is 5.30. The third kappa shape index (κ3) is 2.34. The van der Waals surface area contributed by atoms with Crippen molar-refractivity contribution < 1.29 is 23.0 Å². The van der Waals surface area contributed by atoms with Gasteiger partial charge >= 0.3 is 6.18 Å². The Labute approximate surface area is 108 Å². The Hall–Kier alpha value is -1.14. The summed E-state index contributed by atoms with van der Waals surface area (Å²) in [5.41, 5.74) is -2.16. The molecule has 2 fully saturated rings. The number of ether oxygens (including phenoxy) is 1. The summed E-state index contributed by atoms with van der Waals surface area (Å²) in [6.07, 6.45) is -2.29. The fourth-order valence-electron chi connectivity index (χ4n) is 2.98. The fourth-order valence-corrected chi connectivity index (χ4v) is 2.98. The van der Waals surface area contributed by atoms with Crippen LogP contribution in [-0.4, -0.2) is 22.3 Å². The highest BCUT2D eigenvalue weighted by Gasteiger charge is 2.46. The minimum Gasteiger partial charge on any atom is -0.383 e. The summed E-state index contributed by atoms with van der Waals surface area (Å²) in [5, 5.41) is 10.6. The lowest BCUT2D eigenvalue weighted by Gasteiger charge is -2.36. The minimum atomic E-state index is -4.49. The largest absolute Gasteiger partial charge is 0.433 e. The Morgan fingerprint density at radius 1 is 1.21 bits per heavy atom. The van der Waals surface area contributed by atoms with Crippen LogP contribution in [-0.2, 0) is 16.5 Å². The highest BCUT2D eigenvalue weighted by molar-refractivity contribution is 5.20. The van der Waals surface area contributed by atoms with E-state index in [1.54, 1.807) is 0 Å². The molecule has 2 saturated heterocycles. The van der Waals surface area contributed by atoms with Crippen LogP contribution in [0.5, 0.6) is 0 Å². The number of rotatable bonds is 1. The molecule has 0 amide bonds. The Kier molecular flexibility index (Phi) is 2.83. The van der Waals surface area contributed by atoms with Crippen molar-refractivity contribution in [2.45, 2.75) is 49.7 Å². The normalized spacial score (nSPS) is 34.5. The van der Waals surface area contributed by atoms with E-state index in [0.717, 1.165) is 18.9 Å². The van der Waals surface area contributed by atoms with Crippen molar-refractivity contribution in [3.8, 4) is 0 Å². The molecule has 6 heteroatoms. The zero-order chi connectivity index (χ0) is 13.7. The maximum absolute atomic E-state index is 12.7. The smallest absolute Gasteiger partial charge is 0.383 e. The van der Waals surface area contributed by atoms with E-state index in [1.165, 1.54) is 12.1 Å². The lowest BCUT2D eigenvalue weighted by atomic mass is 9.86. The van der Waals surface area contributed by atoms with Gasteiger partial charge in [0.2, 0.25) is 0 Å². The first-order valence-corrected chi connectivity index (χ1v) is 6.29. The second kappa shape index (κ2) is 4.18. The molecular weight excluding hydrogens is 259 g/mol. The Morgan fingerprint density at radius 2 is 1.84 bits per heavy atom. The molecule has 2 aliphatic rings. The molecule has 0 saturated carbocycles. The number of fused-ring (bicyclic) bond motifs is 2. The predicted molar refractivity (Wildman–Crippen MR) is 60.3 cm³/mol. The summed E-state index contributed by atoms with van der Waals surface area (Å²) in [5.74, 6) is 0. The van der Waals surface area contributed by atoms with E-state index in [9.17, 15) is 18.3 Å². The van der Waals surface area contributed by atoms with Gasteiger partial charge in [0, 0.05) is 12.8 Å². The van der Waals surface area contributed by atoms with E-state index in [2.05, 4.69) is 4.98 Å². The van der Waals surface area contributed by atoms with Crippen molar-refractivity contribution in [3.05, 3.63) is 29.6 Å². The van der Waals surface area contributed by atoms with Crippen LogP contribution in [0.4, 0.5) is 13.2 Å². The molecule has 1 N–H and O–H groups in total. The molecule has 3 nitrogen and oxygen atoms in total. The molecule has 3 heterocycles. The Morgan fingerprint density at radius 3 is 2.42 bits per heavy atom. The molecular formula is C13H14F3NO2. The SMILES string of the molecule is OC1(c2cccc(C(F)(F)F)n2)CC2CCC(C1)O2. The highest BCUT2D eigenvalue weighted by Crippen LogP contribution is 2.43. The van der Waals surface area contributed by atoms with Gasteiger partial charge in [-0.25, -0.2) is 4.98 Å². The van der Waals surface area contributed by atoms with Gasteiger partial charge < -0.3 is 9.84 Å². The first kappa shape index (κ1) is 12.9. The van der Waals surface area contributed by atoms with Crippen molar-refractivity contribution in [1.82, 2.24) is 4.98 Å². The van der Waals surface area contributed by atoms with Crippen LogP contribution < -0.4 is 0 Å². The van der Waals surface area contributed by atoms with E-state index in [-0.39, 0.29) is 17.9 Å². The van der Waals surface area contributed by atoms with E-state index in [0.29, 0.717) is 12.8 Å². The molecule has 3 rings (SSSR count). The van der Waals surface area contributed by atoms with Crippen LogP contribution in [0.25, 0.3) is 0 Å². The van der Waals surface area contributed by atoms with Crippen molar-refractivity contribution in [2.75, 3.05) is 0 Å². The maximum atomic E-state index is 12.7. The van der Waals surface area contributed by atoms with Gasteiger partial charge in [0.25, 0.3) is 0 Å². The lowest BCUT2D eigenvalue weighted by molar-refractivity contribution is -0.142. The molecule has 1 aromatic heterocycles. The number of aliphatic hydroxyl groups is 1. The van der Waals surface area contributed by atoms with Crippen molar-refractivity contribution in [2.24, 2.45) is 0 Å². The number of aromatic nitrogens is 1. The molecule has 1 aromatic rings. The summed E-state index contributed by atoms with van der Waals surface area (Å²) in [4.78, 5) is 3.61. The average molecular weight is 273 g/mol. The van der Waals surface area contributed by atoms with Crippen LogP contribution in [0, 0.1) is 0 Å². The van der Waals surface area contributed by atoms with Gasteiger partial charge in [0.15, 0.2) is 0 Å². The van der Waals surface area contributed by atoms with Gasteiger partial charge in [-0.2, -0.15) is 13.2 Å². The van der Waals surface area contributed by atoms with Crippen LogP contribution in [0.2, 0.25) is 0 Å². The number of alkyl halides is 3. The van der Waals surface area contributed by atoms with Gasteiger partial charge in [-0.15, -0.1) is 0 Å². The topological polar surface area (TPSA) is 42.4 Å². The van der Waals surface area contributed by atoms with Gasteiger partial charge in [-0.05, 0) is 25.0 Å². The summed E-state index contributed by atoms with van der Waals surface area (Å²) >= 11 is 0. The van der Waals surface area contributed by atoms with Gasteiger partial charge in [-0.1, -0.05) is 6.07 Å². The average Bonchev–Trinajstić information content (AvgIpc) is 2.68. The first-order chi connectivity index (χ1) is 8.87. The zero-order valence-electron chi connectivity index (χ0n) is 10.2. The molecule has 0 radical (unpaired) electrons. The number of pyridine rings is 1. The van der Waals surface area contributed by atoms with Gasteiger partial charge in [0.1, 0.15) is 11.3 Å². The lowest BCUT2D eigenvalue weighted by Crippen LogP contribution is -2.39. The van der Waals surface area contributed by atoms with Crippen LogP contribution in [0.3, 0.4) is 0 Å². The summed E-state index contributed by atoms with van der Waals surface area (Å²) in [6.45, 7) is 0. The molecule has 0 spiro atoms. The molecule has 0 aromatic carbocycles. The van der Waals surface area contributed by atoms with Crippen LogP contribution in [0.1, 0.15) is 37.1 Å². The number of nitrogens with zero attached hydrogens (tertiary/aromatic N) is 1. The minimum absolute atomic E-state index is 0.0694. The zero-order valence-corrected chi connectivity index (χ0v) is 10.2. The van der Waals surface area contributed by atoms with Crippen molar-refractivity contribution in [1.29, 1.82) is 0 Å². The monoisotopic (exact) mass is 273 g/mol. The third-order valence-corrected chi connectivity index (χ3v) is 3.84. The highest BCUT2D eigenvalue weighted by atomic mass is 19.4. The first-order valence-electron chi connectivity index (χ1n) is 6.29. The molecule has 0 aliphatic carbocycles. The maximum Gasteiger partial charge on any atom is 0.433 e. The quantitative estimate of drug-likeness (QED) is 0.855. The summed E-state index contributed by atoms with van der Waals surface area (Å²) in [7, 11) is 0. The molecule has 2 unspecified atom stereocenters. The second-order valence-electron chi connectivity index (χ2n) is 5.30. The number of hydrogen-bond acceptors (Lipinski definition) is 3. The van der Waals surface area contributed by atoms with E-state index >= 15 is 0 Å². The summed E-state index contributed by atoms with van der Waals surface area (Å²) in [6, 6.07) is 3.67. The van der Waals surface area contributed by atoms with Crippen molar-refractivity contribution in [3.63, 3.8) is 0 Å². The standard InChI is InChI=1S/C13H14F3NO2/c14-13(15,16)11-3-1-2-10(17-11)12(18)6-8-4-5-9(7-12)19-8/h1-3,8-9,18H,4-7H2. The number of halogens is 3. The molecule has 2 bridgehead atoms. The van der Waals surface area contributed by atoms with Crippen molar-refractivity contribution >= 4 is 0 Å². The van der Waals surface area contributed by atoms with Crippen LogP contribution in [0.15, 0.2) is 18.2 Å². The molecule has 2 aliphatic heterocycles.